The number of unbranched alkanes of at least 4 members (excludes halogenated alkanes) is 14. The zero-order valence-electron chi connectivity index (χ0n) is 30.2. The van der Waals surface area contributed by atoms with Crippen molar-refractivity contribution in [2.75, 3.05) is 0 Å². The zero-order valence-corrected chi connectivity index (χ0v) is 30.2. The van der Waals surface area contributed by atoms with Gasteiger partial charge in [-0.2, -0.15) is 0 Å². The Morgan fingerprint density at radius 3 is 1.70 bits per heavy atom. The fraction of sp³-hybridized carbons (Fsp3) is 0.897. The number of aliphatic hydroxyl groups excluding tert-OH is 3. The molecule has 0 spiro atoms. The SMILES string of the molecule is CCCCCCCCCCCCCCC(O)C1CCC(C(O)CCCC[C@H](O)CCCCCC(CC2=CC(C)OC2=O)OC(C)=O)O1. The predicted molar refractivity (Wildman–Crippen MR) is 187 cm³/mol. The number of esters is 2. The van der Waals surface area contributed by atoms with Gasteiger partial charge in [0.05, 0.1) is 30.5 Å². The van der Waals surface area contributed by atoms with E-state index in [4.69, 9.17) is 14.2 Å². The van der Waals surface area contributed by atoms with Crippen LogP contribution in [0.2, 0.25) is 0 Å². The van der Waals surface area contributed by atoms with E-state index >= 15 is 0 Å². The highest BCUT2D eigenvalue weighted by molar-refractivity contribution is 5.90. The van der Waals surface area contributed by atoms with Crippen molar-refractivity contribution in [3.63, 3.8) is 0 Å². The third-order valence-corrected chi connectivity index (χ3v) is 9.92. The third kappa shape index (κ3) is 19.3. The Morgan fingerprint density at radius 1 is 0.745 bits per heavy atom. The van der Waals surface area contributed by atoms with Crippen LogP contribution in [0, 0.1) is 0 Å². The van der Waals surface area contributed by atoms with Crippen LogP contribution in [0.25, 0.3) is 0 Å². The first-order valence-electron chi connectivity index (χ1n) is 19.5. The first kappa shape index (κ1) is 41.7. The Bertz CT molecular complexity index is 860. The number of rotatable bonds is 29. The van der Waals surface area contributed by atoms with E-state index in [9.17, 15) is 24.9 Å². The molecular weight excluding hydrogens is 596 g/mol. The molecule has 2 heterocycles. The normalized spacial score (nSPS) is 22.1. The van der Waals surface area contributed by atoms with Gasteiger partial charge in [-0.3, -0.25) is 4.79 Å². The van der Waals surface area contributed by atoms with Crippen molar-refractivity contribution in [2.45, 2.75) is 224 Å². The van der Waals surface area contributed by atoms with Gasteiger partial charge in [-0.05, 0) is 64.4 Å². The highest BCUT2D eigenvalue weighted by Gasteiger charge is 2.34. The summed E-state index contributed by atoms with van der Waals surface area (Å²) in [4.78, 5) is 23.4. The Morgan fingerprint density at radius 2 is 1.19 bits per heavy atom. The minimum atomic E-state index is -0.522. The van der Waals surface area contributed by atoms with E-state index in [0.29, 0.717) is 31.3 Å². The second-order valence-corrected chi connectivity index (χ2v) is 14.4. The molecule has 6 unspecified atom stereocenters. The monoisotopic (exact) mass is 667 g/mol. The summed E-state index contributed by atoms with van der Waals surface area (Å²) in [5.41, 5.74) is 0.575. The summed E-state index contributed by atoms with van der Waals surface area (Å²) in [6.07, 6.45) is 25.1. The first-order chi connectivity index (χ1) is 22.7. The van der Waals surface area contributed by atoms with Crippen LogP contribution in [0.4, 0.5) is 0 Å². The Labute approximate surface area is 286 Å². The maximum absolute atomic E-state index is 11.9. The van der Waals surface area contributed by atoms with Crippen LogP contribution < -0.4 is 0 Å². The van der Waals surface area contributed by atoms with Gasteiger partial charge in [0.1, 0.15) is 12.2 Å². The molecule has 0 bridgehead atoms. The van der Waals surface area contributed by atoms with Gasteiger partial charge in [0.25, 0.3) is 0 Å². The van der Waals surface area contributed by atoms with E-state index in [2.05, 4.69) is 6.92 Å². The van der Waals surface area contributed by atoms with Crippen LogP contribution in [-0.2, 0) is 23.8 Å². The molecule has 8 heteroatoms. The van der Waals surface area contributed by atoms with Crippen LogP contribution >= 0.6 is 0 Å². The van der Waals surface area contributed by atoms with E-state index in [1.807, 2.05) is 6.92 Å². The minimum absolute atomic E-state index is 0.159. The quantitative estimate of drug-likeness (QED) is 0.0537. The topological polar surface area (TPSA) is 123 Å². The molecule has 2 rings (SSSR count). The number of carbonyl (C=O) groups is 2. The molecule has 2 aliphatic rings. The molecule has 3 N–H and O–H groups in total. The lowest BCUT2D eigenvalue weighted by atomic mass is 9.99. The van der Waals surface area contributed by atoms with E-state index in [1.54, 1.807) is 6.08 Å². The number of aliphatic hydroxyl groups is 3. The van der Waals surface area contributed by atoms with Crippen LogP contribution in [0.1, 0.15) is 181 Å². The van der Waals surface area contributed by atoms with Crippen LogP contribution in [0.3, 0.4) is 0 Å². The number of hydrogen-bond acceptors (Lipinski definition) is 8. The molecule has 0 aromatic rings. The van der Waals surface area contributed by atoms with Gasteiger partial charge in [-0.15, -0.1) is 0 Å². The van der Waals surface area contributed by atoms with Crippen LogP contribution in [0.5, 0.6) is 0 Å². The van der Waals surface area contributed by atoms with Crippen LogP contribution in [0.15, 0.2) is 11.6 Å². The summed E-state index contributed by atoms with van der Waals surface area (Å²) in [5.74, 6) is -0.679. The second-order valence-electron chi connectivity index (χ2n) is 14.4. The summed E-state index contributed by atoms with van der Waals surface area (Å²) in [6.45, 7) is 5.46. The second kappa shape index (κ2) is 25.5. The zero-order chi connectivity index (χ0) is 34.3. The fourth-order valence-electron chi connectivity index (χ4n) is 7.09. The van der Waals surface area contributed by atoms with Crippen molar-refractivity contribution in [1.29, 1.82) is 0 Å². The maximum Gasteiger partial charge on any atom is 0.334 e. The number of hydrogen-bond donors (Lipinski definition) is 3. The molecule has 0 aromatic heterocycles. The summed E-state index contributed by atoms with van der Waals surface area (Å²) in [7, 11) is 0. The first-order valence-corrected chi connectivity index (χ1v) is 19.5. The molecule has 7 atom stereocenters. The van der Waals surface area contributed by atoms with Gasteiger partial charge in [0, 0.05) is 18.9 Å². The van der Waals surface area contributed by atoms with Gasteiger partial charge in [0.15, 0.2) is 0 Å². The number of ether oxygens (including phenoxy) is 3. The van der Waals surface area contributed by atoms with Gasteiger partial charge in [0.2, 0.25) is 0 Å². The third-order valence-electron chi connectivity index (χ3n) is 9.92. The predicted octanol–water partition coefficient (Wildman–Crippen LogP) is 8.41. The molecule has 0 aliphatic carbocycles. The highest BCUT2D eigenvalue weighted by Crippen LogP contribution is 2.29. The lowest BCUT2D eigenvalue weighted by Gasteiger charge is -2.22. The van der Waals surface area contributed by atoms with Crippen molar-refractivity contribution in [3.05, 3.63) is 11.6 Å². The summed E-state index contributed by atoms with van der Waals surface area (Å²) in [6, 6.07) is 0. The summed E-state index contributed by atoms with van der Waals surface area (Å²) < 4.78 is 16.7. The van der Waals surface area contributed by atoms with E-state index in [-0.39, 0.29) is 42.5 Å². The summed E-state index contributed by atoms with van der Waals surface area (Å²) >= 11 is 0. The van der Waals surface area contributed by atoms with Gasteiger partial charge >= 0.3 is 11.9 Å². The van der Waals surface area contributed by atoms with E-state index in [0.717, 1.165) is 64.2 Å². The maximum atomic E-state index is 11.9. The summed E-state index contributed by atoms with van der Waals surface area (Å²) in [5, 5.41) is 31.8. The minimum Gasteiger partial charge on any atom is -0.462 e. The molecule has 0 aromatic carbocycles. The van der Waals surface area contributed by atoms with Crippen molar-refractivity contribution < 1.29 is 39.1 Å². The van der Waals surface area contributed by atoms with Gasteiger partial charge in [-0.1, -0.05) is 110 Å². The molecule has 0 saturated carbocycles. The molecule has 274 valence electrons. The Hall–Kier alpha value is -1.48. The largest absolute Gasteiger partial charge is 0.462 e. The molecule has 47 heavy (non-hydrogen) atoms. The molecule has 2 aliphatic heterocycles. The molecular formula is C39H70O8. The van der Waals surface area contributed by atoms with Crippen molar-refractivity contribution in [3.8, 4) is 0 Å². The standard InChI is InChI=1S/C39H70O8/c1-4-5-6-7-8-9-10-11-12-13-14-18-24-35(42)37-26-27-38(47-37)36(43)25-20-19-22-33(41)21-16-15-17-23-34(46-31(3)40)29-32-28-30(2)45-39(32)44/h28,30,33-38,41-43H,4-27,29H2,1-3H3/t30?,33-,34?,35?,36?,37?,38?/m1/s1. The molecule has 8 nitrogen and oxygen atoms in total. The lowest BCUT2D eigenvalue weighted by Crippen LogP contribution is -2.31. The molecule has 1 saturated heterocycles. The molecule has 1 fully saturated rings. The van der Waals surface area contributed by atoms with Crippen molar-refractivity contribution in [1.82, 2.24) is 0 Å². The molecule has 0 radical (unpaired) electrons. The average Bonchev–Trinajstić information content (AvgIpc) is 3.65. The van der Waals surface area contributed by atoms with Gasteiger partial charge < -0.3 is 29.5 Å². The van der Waals surface area contributed by atoms with Gasteiger partial charge in [-0.25, -0.2) is 4.79 Å². The van der Waals surface area contributed by atoms with E-state index < -0.39 is 12.2 Å². The van der Waals surface area contributed by atoms with Crippen molar-refractivity contribution in [2.24, 2.45) is 0 Å². The highest BCUT2D eigenvalue weighted by atomic mass is 16.6. The lowest BCUT2D eigenvalue weighted by molar-refractivity contribution is -0.148. The van der Waals surface area contributed by atoms with Crippen molar-refractivity contribution >= 4 is 11.9 Å². The Kier molecular flexibility index (Phi) is 22.6. The molecule has 0 amide bonds. The average molecular weight is 667 g/mol. The van der Waals surface area contributed by atoms with Crippen LogP contribution in [-0.4, -0.2) is 70.0 Å². The number of cyclic esters (lactones) is 1. The number of carbonyl (C=O) groups excluding carboxylic acids is 2. The fourth-order valence-corrected chi connectivity index (χ4v) is 7.09. The Balaban J connectivity index is 1.45. The smallest absolute Gasteiger partial charge is 0.334 e. The van der Waals surface area contributed by atoms with E-state index in [1.165, 1.54) is 77.6 Å².